The fraction of sp³-hybridized carbons (Fsp3) is 0.263. The highest BCUT2D eigenvalue weighted by Crippen LogP contribution is 2.17. The summed E-state index contributed by atoms with van der Waals surface area (Å²) in [4.78, 5) is 40.7. The molecule has 2 aromatic rings. The number of rotatable bonds is 6. The maximum absolute atomic E-state index is 12.3. The number of aromatic carboxylic acids is 1. The molecule has 2 heterocycles. The SMILES string of the molecule is O=C(O)c1cccc(C(=O)NCc2ccccc2CN2CCCC2=O)n1. The van der Waals surface area contributed by atoms with Crippen molar-refractivity contribution < 1.29 is 19.5 Å². The van der Waals surface area contributed by atoms with Gasteiger partial charge in [0.15, 0.2) is 0 Å². The molecule has 2 amide bonds. The Morgan fingerprint density at radius 3 is 2.50 bits per heavy atom. The zero-order valence-electron chi connectivity index (χ0n) is 14.1. The molecule has 1 aliphatic rings. The van der Waals surface area contributed by atoms with Crippen molar-refractivity contribution in [2.75, 3.05) is 6.54 Å². The fourth-order valence-corrected chi connectivity index (χ4v) is 2.91. The number of carboxylic acid groups (broad SMARTS) is 1. The number of amides is 2. The highest BCUT2D eigenvalue weighted by atomic mass is 16.4. The Labute approximate surface area is 150 Å². The van der Waals surface area contributed by atoms with E-state index in [0.29, 0.717) is 13.0 Å². The van der Waals surface area contributed by atoms with Gasteiger partial charge in [0.1, 0.15) is 11.4 Å². The van der Waals surface area contributed by atoms with Crippen molar-refractivity contribution in [2.45, 2.75) is 25.9 Å². The van der Waals surface area contributed by atoms with Crippen molar-refractivity contribution in [2.24, 2.45) is 0 Å². The highest BCUT2D eigenvalue weighted by Gasteiger charge is 2.21. The van der Waals surface area contributed by atoms with Gasteiger partial charge in [0, 0.05) is 26.1 Å². The number of pyridine rings is 1. The number of likely N-dealkylation sites (tertiary alicyclic amines) is 1. The van der Waals surface area contributed by atoms with Crippen LogP contribution in [-0.2, 0) is 17.9 Å². The van der Waals surface area contributed by atoms with Crippen LogP contribution in [0.2, 0.25) is 0 Å². The summed E-state index contributed by atoms with van der Waals surface area (Å²) in [6.45, 7) is 1.55. The monoisotopic (exact) mass is 353 g/mol. The first-order chi connectivity index (χ1) is 12.5. The summed E-state index contributed by atoms with van der Waals surface area (Å²) in [6.07, 6.45) is 1.47. The minimum absolute atomic E-state index is 0.0529. The topological polar surface area (TPSA) is 99.6 Å². The Hall–Kier alpha value is -3.22. The van der Waals surface area contributed by atoms with Gasteiger partial charge in [0.2, 0.25) is 5.91 Å². The largest absolute Gasteiger partial charge is 0.477 e. The molecule has 0 aliphatic carbocycles. The van der Waals surface area contributed by atoms with Crippen molar-refractivity contribution in [1.82, 2.24) is 15.2 Å². The molecule has 1 aromatic heterocycles. The maximum atomic E-state index is 12.3. The number of carbonyl (C=O) groups excluding carboxylic acids is 2. The van der Waals surface area contributed by atoms with Gasteiger partial charge in [0.25, 0.3) is 5.91 Å². The zero-order chi connectivity index (χ0) is 18.5. The number of hydrogen-bond donors (Lipinski definition) is 2. The van der Waals surface area contributed by atoms with Gasteiger partial charge >= 0.3 is 5.97 Å². The second-order valence-electron chi connectivity index (χ2n) is 6.08. The molecule has 0 saturated carbocycles. The van der Waals surface area contributed by atoms with Crippen LogP contribution in [0.25, 0.3) is 0 Å². The molecular weight excluding hydrogens is 334 g/mol. The van der Waals surface area contributed by atoms with Crippen LogP contribution in [0.5, 0.6) is 0 Å². The summed E-state index contributed by atoms with van der Waals surface area (Å²) >= 11 is 0. The standard InChI is InChI=1S/C19H19N3O4/c23-17-9-4-10-22(17)12-14-6-2-1-5-13(14)11-20-18(24)15-7-3-8-16(21-15)19(25)26/h1-3,5-8H,4,9-12H2,(H,20,24)(H,25,26). The first-order valence-corrected chi connectivity index (χ1v) is 8.37. The van der Waals surface area contributed by atoms with Gasteiger partial charge in [-0.15, -0.1) is 0 Å². The van der Waals surface area contributed by atoms with Gasteiger partial charge in [-0.05, 0) is 29.7 Å². The fourth-order valence-electron chi connectivity index (χ4n) is 2.91. The van der Waals surface area contributed by atoms with Gasteiger partial charge < -0.3 is 15.3 Å². The average Bonchev–Trinajstić information content (AvgIpc) is 3.05. The first-order valence-electron chi connectivity index (χ1n) is 8.37. The normalized spacial score (nSPS) is 13.7. The van der Waals surface area contributed by atoms with E-state index in [-0.39, 0.29) is 23.8 Å². The lowest BCUT2D eigenvalue weighted by Crippen LogP contribution is -2.27. The summed E-state index contributed by atoms with van der Waals surface area (Å²) in [5.41, 5.74) is 1.77. The number of benzene rings is 1. The van der Waals surface area contributed by atoms with E-state index in [4.69, 9.17) is 5.11 Å². The number of hydrogen-bond acceptors (Lipinski definition) is 4. The van der Waals surface area contributed by atoms with Gasteiger partial charge in [-0.25, -0.2) is 9.78 Å². The van der Waals surface area contributed by atoms with E-state index in [2.05, 4.69) is 10.3 Å². The Morgan fingerprint density at radius 2 is 1.81 bits per heavy atom. The summed E-state index contributed by atoms with van der Waals surface area (Å²) in [6, 6.07) is 11.9. The van der Waals surface area contributed by atoms with Crippen LogP contribution in [0, 0.1) is 0 Å². The van der Waals surface area contributed by atoms with E-state index in [1.807, 2.05) is 29.2 Å². The third kappa shape index (κ3) is 4.05. The number of aromatic nitrogens is 1. The summed E-state index contributed by atoms with van der Waals surface area (Å²) in [5, 5.41) is 11.7. The predicted molar refractivity (Wildman–Crippen MR) is 93.5 cm³/mol. The van der Waals surface area contributed by atoms with Crippen molar-refractivity contribution in [3.8, 4) is 0 Å². The van der Waals surface area contributed by atoms with Crippen LogP contribution in [-0.4, -0.2) is 39.3 Å². The lowest BCUT2D eigenvalue weighted by atomic mass is 10.1. The van der Waals surface area contributed by atoms with Crippen molar-refractivity contribution in [1.29, 1.82) is 0 Å². The molecule has 134 valence electrons. The number of carbonyl (C=O) groups is 3. The Kier molecular flexibility index (Phi) is 5.26. The summed E-state index contributed by atoms with van der Waals surface area (Å²) < 4.78 is 0. The van der Waals surface area contributed by atoms with E-state index >= 15 is 0 Å². The molecular formula is C19H19N3O4. The molecule has 7 nitrogen and oxygen atoms in total. The number of carboxylic acids is 1. The molecule has 0 unspecified atom stereocenters. The molecule has 26 heavy (non-hydrogen) atoms. The van der Waals surface area contributed by atoms with Gasteiger partial charge in [-0.3, -0.25) is 9.59 Å². The van der Waals surface area contributed by atoms with Crippen molar-refractivity contribution in [3.05, 3.63) is 65.0 Å². The Balaban J connectivity index is 1.68. The molecule has 2 N–H and O–H groups in total. The van der Waals surface area contributed by atoms with Crippen LogP contribution in [0.15, 0.2) is 42.5 Å². The molecule has 0 spiro atoms. The lowest BCUT2D eigenvalue weighted by molar-refractivity contribution is -0.128. The van der Waals surface area contributed by atoms with Crippen molar-refractivity contribution >= 4 is 17.8 Å². The quantitative estimate of drug-likeness (QED) is 0.825. The highest BCUT2D eigenvalue weighted by molar-refractivity contribution is 5.94. The van der Waals surface area contributed by atoms with Crippen molar-refractivity contribution in [3.63, 3.8) is 0 Å². The predicted octanol–water partition coefficient (Wildman–Crippen LogP) is 1.83. The van der Waals surface area contributed by atoms with E-state index in [1.54, 1.807) is 0 Å². The van der Waals surface area contributed by atoms with Gasteiger partial charge in [0.05, 0.1) is 0 Å². The Morgan fingerprint density at radius 1 is 1.08 bits per heavy atom. The lowest BCUT2D eigenvalue weighted by Gasteiger charge is -2.18. The molecule has 1 saturated heterocycles. The smallest absolute Gasteiger partial charge is 0.354 e. The molecule has 3 rings (SSSR count). The maximum Gasteiger partial charge on any atom is 0.354 e. The van der Waals surface area contributed by atoms with Crippen LogP contribution in [0.4, 0.5) is 0 Å². The van der Waals surface area contributed by atoms with E-state index < -0.39 is 11.9 Å². The average molecular weight is 353 g/mol. The van der Waals surface area contributed by atoms with E-state index in [0.717, 1.165) is 24.1 Å². The van der Waals surface area contributed by atoms with Gasteiger partial charge in [-0.2, -0.15) is 0 Å². The third-order valence-electron chi connectivity index (χ3n) is 4.29. The minimum Gasteiger partial charge on any atom is -0.477 e. The molecule has 0 atom stereocenters. The molecule has 1 aliphatic heterocycles. The second kappa shape index (κ2) is 7.77. The summed E-state index contributed by atoms with van der Waals surface area (Å²) in [5.74, 6) is -1.47. The van der Waals surface area contributed by atoms with Crippen LogP contribution < -0.4 is 5.32 Å². The molecule has 0 bridgehead atoms. The Bertz CT molecular complexity index is 850. The number of nitrogens with zero attached hydrogens (tertiary/aromatic N) is 2. The molecule has 0 radical (unpaired) electrons. The molecule has 1 aromatic carbocycles. The van der Waals surface area contributed by atoms with Crippen LogP contribution in [0.3, 0.4) is 0 Å². The molecule has 1 fully saturated rings. The minimum atomic E-state index is -1.18. The summed E-state index contributed by atoms with van der Waals surface area (Å²) in [7, 11) is 0. The van der Waals surface area contributed by atoms with E-state index in [1.165, 1.54) is 18.2 Å². The van der Waals surface area contributed by atoms with Crippen LogP contribution in [0.1, 0.15) is 44.9 Å². The number of nitrogens with one attached hydrogen (secondary N) is 1. The van der Waals surface area contributed by atoms with E-state index in [9.17, 15) is 14.4 Å². The zero-order valence-corrected chi connectivity index (χ0v) is 14.1. The second-order valence-corrected chi connectivity index (χ2v) is 6.08. The van der Waals surface area contributed by atoms with Gasteiger partial charge in [-0.1, -0.05) is 30.3 Å². The molecule has 7 heteroatoms. The third-order valence-corrected chi connectivity index (χ3v) is 4.29. The first kappa shape index (κ1) is 17.6. The van der Waals surface area contributed by atoms with Crippen LogP contribution >= 0.6 is 0 Å².